The molecule has 0 aliphatic heterocycles. The molecule has 0 unspecified atom stereocenters. The second-order valence-electron chi connectivity index (χ2n) is 5.16. The lowest BCUT2D eigenvalue weighted by molar-refractivity contribution is 0.102. The van der Waals surface area contributed by atoms with Gasteiger partial charge in [0.05, 0.1) is 26.9 Å². The largest absolute Gasteiger partial charge is 0.497 e. The topological polar surface area (TPSA) is 95.7 Å². The molecule has 3 rings (SSSR count). The average Bonchev–Trinajstić information content (AvgIpc) is 3.15. The van der Waals surface area contributed by atoms with E-state index in [1.54, 1.807) is 49.6 Å². The number of hydrogen-bond acceptors (Lipinski definition) is 7. The maximum absolute atomic E-state index is 12.3. The zero-order chi connectivity index (χ0) is 18.5. The Labute approximate surface area is 149 Å². The van der Waals surface area contributed by atoms with E-state index in [0.717, 1.165) is 0 Å². The maximum atomic E-state index is 12.3. The molecule has 3 aromatic rings. The van der Waals surface area contributed by atoms with Gasteiger partial charge in [-0.15, -0.1) is 5.10 Å². The van der Waals surface area contributed by atoms with Crippen LogP contribution in [0.3, 0.4) is 0 Å². The molecule has 0 radical (unpaired) electrons. The van der Waals surface area contributed by atoms with E-state index in [9.17, 15) is 4.79 Å². The van der Waals surface area contributed by atoms with Crippen molar-refractivity contribution < 1.29 is 23.4 Å². The summed E-state index contributed by atoms with van der Waals surface area (Å²) in [4.78, 5) is 12.3. The van der Waals surface area contributed by atoms with Gasteiger partial charge in [0.15, 0.2) is 0 Å². The summed E-state index contributed by atoms with van der Waals surface area (Å²) >= 11 is 0. The first-order valence-corrected chi connectivity index (χ1v) is 7.66. The standard InChI is InChI=1S/C18H17N3O5/c1-23-12-6-4-5-11(9-12)16(22)19-18-21-20-17(26-18)14-10-13(24-2)7-8-15(14)25-3/h4-10H,1-3H3,(H,19,21,22). The van der Waals surface area contributed by atoms with E-state index in [-0.39, 0.29) is 11.9 Å². The normalized spacial score (nSPS) is 10.3. The number of ether oxygens (including phenoxy) is 3. The Bertz CT molecular complexity index is 923. The van der Waals surface area contributed by atoms with Gasteiger partial charge in [-0.05, 0) is 36.4 Å². The number of carbonyl (C=O) groups excluding carboxylic acids is 1. The van der Waals surface area contributed by atoms with Crippen molar-refractivity contribution >= 4 is 11.9 Å². The van der Waals surface area contributed by atoms with Crippen LogP contribution in [0.15, 0.2) is 46.9 Å². The summed E-state index contributed by atoms with van der Waals surface area (Å²) in [5, 5.41) is 10.4. The highest BCUT2D eigenvalue weighted by Gasteiger charge is 2.17. The number of methoxy groups -OCH3 is 3. The summed E-state index contributed by atoms with van der Waals surface area (Å²) in [7, 11) is 4.62. The molecule has 0 bridgehead atoms. The summed E-state index contributed by atoms with van der Waals surface area (Å²) in [6, 6.07) is 11.9. The van der Waals surface area contributed by atoms with Crippen molar-refractivity contribution in [2.24, 2.45) is 0 Å². The molecule has 8 nitrogen and oxygen atoms in total. The van der Waals surface area contributed by atoms with Gasteiger partial charge in [-0.3, -0.25) is 10.1 Å². The Kier molecular flexibility index (Phi) is 5.02. The summed E-state index contributed by atoms with van der Waals surface area (Å²) in [5.41, 5.74) is 0.962. The van der Waals surface area contributed by atoms with Crippen molar-refractivity contribution in [3.05, 3.63) is 48.0 Å². The van der Waals surface area contributed by atoms with Gasteiger partial charge in [0, 0.05) is 5.56 Å². The van der Waals surface area contributed by atoms with Crippen LogP contribution in [-0.2, 0) is 0 Å². The second-order valence-corrected chi connectivity index (χ2v) is 5.16. The van der Waals surface area contributed by atoms with Crippen LogP contribution in [0.2, 0.25) is 0 Å². The van der Waals surface area contributed by atoms with Gasteiger partial charge in [-0.2, -0.15) is 0 Å². The van der Waals surface area contributed by atoms with Crippen molar-refractivity contribution in [3.63, 3.8) is 0 Å². The Balaban J connectivity index is 1.83. The molecule has 1 N–H and O–H groups in total. The van der Waals surface area contributed by atoms with Crippen molar-refractivity contribution in [1.29, 1.82) is 0 Å². The van der Waals surface area contributed by atoms with Crippen LogP contribution in [0, 0.1) is 0 Å². The predicted molar refractivity (Wildman–Crippen MR) is 93.8 cm³/mol. The van der Waals surface area contributed by atoms with E-state index in [1.807, 2.05) is 0 Å². The number of nitrogens with one attached hydrogen (secondary N) is 1. The molecule has 0 fully saturated rings. The molecule has 0 aliphatic carbocycles. The molecular formula is C18H17N3O5. The molecule has 0 saturated carbocycles. The van der Waals surface area contributed by atoms with Gasteiger partial charge < -0.3 is 18.6 Å². The third kappa shape index (κ3) is 3.59. The molecular weight excluding hydrogens is 338 g/mol. The fraction of sp³-hybridized carbons (Fsp3) is 0.167. The zero-order valence-corrected chi connectivity index (χ0v) is 14.5. The number of anilines is 1. The lowest BCUT2D eigenvalue weighted by Crippen LogP contribution is -2.12. The summed E-state index contributed by atoms with van der Waals surface area (Å²) in [5.74, 6) is 1.53. The number of benzene rings is 2. The van der Waals surface area contributed by atoms with Gasteiger partial charge in [-0.25, -0.2) is 0 Å². The van der Waals surface area contributed by atoms with E-state index in [2.05, 4.69) is 15.5 Å². The lowest BCUT2D eigenvalue weighted by Gasteiger charge is -2.07. The molecule has 0 atom stereocenters. The van der Waals surface area contributed by atoms with Crippen LogP contribution in [0.1, 0.15) is 10.4 Å². The Morgan fingerprint density at radius 3 is 2.46 bits per heavy atom. The number of amides is 1. The molecule has 0 spiro atoms. The maximum Gasteiger partial charge on any atom is 0.322 e. The lowest BCUT2D eigenvalue weighted by atomic mass is 10.2. The van der Waals surface area contributed by atoms with Gasteiger partial charge in [-0.1, -0.05) is 11.2 Å². The van der Waals surface area contributed by atoms with Crippen molar-refractivity contribution in [2.45, 2.75) is 0 Å². The minimum atomic E-state index is -0.392. The molecule has 1 amide bonds. The Hall–Kier alpha value is -3.55. The van der Waals surface area contributed by atoms with Crippen LogP contribution in [0.25, 0.3) is 11.5 Å². The van der Waals surface area contributed by atoms with E-state index < -0.39 is 5.91 Å². The minimum absolute atomic E-state index is 0.0299. The van der Waals surface area contributed by atoms with E-state index >= 15 is 0 Å². The second kappa shape index (κ2) is 7.56. The Morgan fingerprint density at radius 2 is 1.73 bits per heavy atom. The molecule has 26 heavy (non-hydrogen) atoms. The van der Waals surface area contributed by atoms with Crippen LogP contribution in [0.5, 0.6) is 17.2 Å². The van der Waals surface area contributed by atoms with E-state index in [4.69, 9.17) is 18.6 Å². The van der Waals surface area contributed by atoms with Crippen molar-refractivity contribution in [2.75, 3.05) is 26.6 Å². The SMILES string of the molecule is COc1cccc(C(=O)Nc2nnc(-c3cc(OC)ccc3OC)o2)c1. The fourth-order valence-electron chi connectivity index (χ4n) is 2.30. The van der Waals surface area contributed by atoms with Crippen molar-refractivity contribution in [3.8, 4) is 28.7 Å². The van der Waals surface area contributed by atoms with Gasteiger partial charge in [0.2, 0.25) is 0 Å². The first-order chi connectivity index (χ1) is 12.6. The number of aromatic nitrogens is 2. The fourth-order valence-corrected chi connectivity index (χ4v) is 2.30. The summed E-state index contributed by atoms with van der Waals surface area (Å²) in [6.45, 7) is 0. The third-order valence-corrected chi connectivity index (χ3v) is 3.61. The van der Waals surface area contributed by atoms with Gasteiger partial charge >= 0.3 is 6.01 Å². The first-order valence-electron chi connectivity index (χ1n) is 7.66. The van der Waals surface area contributed by atoms with Crippen LogP contribution in [-0.4, -0.2) is 37.4 Å². The highest BCUT2D eigenvalue weighted by atomic mass is 16.5. The molecule has 8 heteroatoms. The smallest absolute Gasteiger partial charge is 0.322 e. The monoisotopic (exact) mass is 355 g/mol. The quantitative estimate of drug-likeness (QED) is 0.726. The molecule has 1 aromatic heterocycles. The van der Waals surface area contributed by atoms with E-state index in [1.165, 1.54) is 14.2 Å². The first kappa shape index (κ1) is 17.3. The number of rotatable bonds is 6. The van der Waals surface area contributed by atoms with E-state index in [0.29, 0.717) is 28.4 Å². The zero-order valence-electron chi connectivity index (χ0n) is 14.5. The minimum Gasteiger partial charge on any atom is -0.497 e. The Morgan fingerprint density at radius 1 is 0.962 bits per heavy atom. The molecule has 0 saturated heterocycles. The highest BCUT2D eigenvalue weighted by molar-refractivity contribution is 6.03. The van der Waals surface area contributed by atoms with Gasteiger partial charge in [0.25, 0.3) is 11.8 Å². The van der Waals surface area contributed by atoms with Crippen LogP contribution in [0.4, 0.5) is 6.01 Å². The molecule has 1 heterocycles. The number of carbonyl (C=O) groups is 1. The predicted octanol–water partition coefficient (Wildman–Crippen LogP) is 3.01. The van der Waals surface area contributed by atoms with Gasteiger partial charge in [0.1, 0.15) is 17.2 Å². The van der Waals surface area contributed by atoms with Crippen LogP contribution >= 0.6 is 0 Å². The molecule has 0 aliphatic rings. The summed E-state index contributed by atoms with van der Waals surface area (Å²) < 4.78 is 21.1. The highest BCUT2D eigenvalue weighted by Crippen LogP contribution is 2.33. The molecule has 2 aromatic carbocycles. The summed E-state index contributed by atoms with van der Waals surface area (Å²) in [6.07, 6.45) is 0. The molecule has 134 valence electrons. The van der Waals surface area contributed by atoms with Crippen LogP contribution < -0.4 is 19.5 Å². The number of nitrogens with zero attached hydrogens (tertiary/aromatic N) is 2. The number of hydrogen-bond donors (Lipinski definition) is 1. The van der Waals surface area contributed by atoms with Crippen molar-refractivity contribution in [1.82, 2.24) is 10.2 Å². The third-order valence-electron chi connectivity index (χ3n) is 3.61. The average molecular weight is 355 g/mol.